The van der Waals surface area contributed by atoms with Crippen molar-refractivity contribution < 1.29 is 4.74 Å². The summed E-state index contributed by atoms with van der Waals surface area (Å²) in [6, 6.07) is 10.3. The number of rotatable bonds is 3. The third-order valence-electron chi connectivity index (χ3n) is 1.43. The number of ether oxygens (including phenoxy) is 1. The van der Waals surface area contributed by atoms with E-state index in [1.165, 1.54) is 5.56 Å². The fraction of sp³-hybridized carbons (Fsp3) is 0.385. The van der Waals surface area contributed by atoms with Crippen LogP contribution < -0.4 is 0 Å². The molecule has 0 bridgehead atoms. The Kier molecular flexibility index (Phi) is 12.8. The molecular weight excluding hydrogens is 172 g/mol. The molecule has 1 aromatic rings. The Morgan fingerprint density at radius 1 is 1.14 bits per heavy atom. The number of hydrogen-bond donors (Lipinski definition) is 0. The first-order chi connectivity index (χ1) is 6.43. The lowest BCUT2D eigenvalue weighted by atomic mass is 10.2. The number of benzene rings is 1. The monoisotopic (exact) mass is 194 g/mol. The van der Waals surface area contributed by atoms with Crippen LogP contribution in [-0.4, -0.2) is 7.11 Å². The summed E-state index contributed by atoms with van der Waals surface area (Å²) in [5, 5.41) is 0. The fourth-order valence-electron chi connectivity index (χ4n) is 0.895. The molecule has 1 nitrogen and oxygen atoms in total. The lowest BCUT2D eigenvalue weighted by Gasteiger charge is -1.93. The molecule has 14 heavy (non-hydrogen) atoms. The van der Waals surface area contributed by atoms with Crippen LogP contribution in [0.2, 0.25) is 0 Å². The Labute approximate surface area is 88.4 Å². The Balaban J connectivity index is 0. The van der Waals surface area contributed by atoms with Gasteiger partial charge >= 0.3 is 0 Å². The first kappa shape index (κ1) is 15.2. The van der Waals surface area contributed by atoms with E-state index in [4.69, 9.17) is 4.74 Å². The highest BCUT2D eigenvalue weighted by molar-refractivity contribution is 5.16. The number of methoxy groups -OCH3 is 1. The molecule has 0 aliphatic carbocycles. The summed E-state index contributed by atoms with van der Waals surface area (Å²) >= 11 is 0. The quantitative estimate of drug-likeness (QED) is 0.659. The molecule has 0 unspecified atom stereocenters. The van der Waals surface area contributed by atoms with Gasteiger partial charge in [-0.15, -0.1) is 0 Å². The van der Waals surface area contributed by atoms with E-state index in [0.29, 0.717) is 0 Å². The Morgan fingerprint density at radius 2 is 1.71 bits per heavy atom. The molecule has 0 atom stereocenters. The van der Waals surface area contributed by atoms with Crippen LogP contribution >= 0.6 is 0 Å². The molecule has 0 N–H and O–H groups in total. The molecule has 1 aromatic carbocycles. The Hall–Kier alpha value is -1.24. The van der Waals surface area contributed by atoms with Crippen LogP contribution in [0.3, 0.4) is 0 Å². The van der Waals surface area contributed by atoms with Crippen molar-refractivity contribution in [3.63, 3.8) is 0 Å². The number of allylic oxidation sites excluding steroid dienone is 1. The smallest absolute Gasteiger partial charge is 0.0788 e. The zero-order valence-corrected chi connectivity index (χ0v) is 8.66. The van der Waals surface area contributed by atoms with Gasteiger partial charge in [-0.3, -0.25) is 0 Å². The van der Waals surface area contributed by atoms with Crippen LogP contribution in [0.15, 0.2) is 42.7 Å². The second-order valence-corrected chi connectivity index (χ2v) is 2.30. The van der Waals surface area contributed by atoms with Crippen molar-refractivity contribution in [2.75, 3.05) is 7.11 Å². The summed E-state index contributed by atoms with van der Waals surface area (Å²) < 4.78 is 4.78. The summed E-state index contributed by atoms with van der Waals surface area (Å²) in [7, 11) is 1.65. The first-order valence-corrected chi connectivity index (χ1v) is 4.65. The molecule has 0 aliphatic rings. The van der Waals surface area contributed by atoms with E-state index in [2.05, 4.69) is 12.1 Å². The van der Waals surface area contributed by atoms with Crippen LogP contribution in [0.5, 0.6) is 0 Å². The van der Waals surface area contributed by atoms with Crippen molar-refractivity contribution in [3.8, 4) is 0 Å². The lowest BCUT2D eigenvalue weighted by molar-refractivity contribution is 0.337. The lowest BCUT2D eigenvalue weighted by Crippen LogP contribution is -1.78. The van der Waals surface area contributed by atoms with Crippen molar-refractivity contribution in [3.05, 3.63) is 48.2 Å². The molecule has 0 saturated heterocycles. The van der Waals surface area contributed by atoms with E-state index in [0.717, 1.165) is 6.42 Å². The van der Waals surface area contributed by atoms with Gasteiger partial charge in [0.05, 0.1) is 13.4 Å². The average molecular weight is 194 g/mol. The molecule has 80 valence electrons. The van der Waals surface area contributed by atoms with E-state index >= 15 is 0 Å². The van der Waals surface area contributed by atoms with Crippen LogP contribution in [0.4, 0.5) is 0 Å². The van der Waals surface area contributed by atoms with Crippen molar-refractivity contribution in [1.29, 1.82) is 0 Å². The zero-order valence-electron chi connectivity index (χ0n) is 8.66. The van der Waals surface area contributed by atoms with E-state index in [1.54, 1.807) is 13.4 Å². The summed E-state index contributed by atoms with van der Waals surface area (Å²) in [4.78, 5) is 0. The zero-order chi connectivity index (χ0) is 9.94. The van der Waals surface area contributed by atoms with Crippen molar-refractivity contribution >= 4 is 0 Å². The van der Waals surface area contributed by atoms with Gasteiger partial charge in [-0.05, 0) is 18.1 Å². The maximum atomic E-state index is 4.78. The van der Waals surface area contributed by atoms with Gasteiger partial charge < -0.3 is 4.74 Å². The molecule has 0 fully saturated rings. The van der Waals surface area contributed by atoms with Gasteiger partial charge in [0.2, 0.25) is 0 Å². The van der Waals surface area contributed by atoms with Crippen LogP contribution in [0, 0.1) is 0 Å². The fourth-order valence-corrected chi connectivity index (χ4v) is 0.895. The Morgan fingerprint density at radius 3 is 2.21 bits per heavy atom. The van der Waals surface area contributed by atoms with Crippen LogP contribution in [0.1, 0.15) is 26.8 Å². The molecule has 0 amide bonds. The van der Waals surface area contributed by atoms with Gasteiger partial charge in [0.15, 0.2) is 0 Å². The highest BCUT2D eigenvalue weighted by Gasteiger charge is 1.84. The second kappa shape index (κ2) is 11.8. The van der Waals surface area contributed by atoms with Gasteiger partial charge in [0.25, 0.3) is 0 Å². The first-order valence-electron chi connectivity index (χ1n) is 4.65. The molecule has 0 saturated carbocycles. The topological polar surface area (TPSA) is 9.23 Å². The average Bonchev–Trinajstić information content (AvgIpc) is 2.23. The summed E-state index contributed by atoms with van der Waals surface area (Å²) in [6.07, 6.45) is 4.64. The predicted molar refractivity (Wildman–Crippen MR) is 64.4 cm³/mol. The Bertz CT molecular complexity index is 214. The summed E-state index contributed by atoms with van der Waals surface area (Å²) in [5.74, 6) is 0. The summed E-state index contributed by atoms with van der Waals surface area (Å²) in [5.41, 5.74) is 1.31. The normalized spacial score (nSPS) is 8.50. The van der Waals surface area contributed by atoms with Crippen LogP contribution in [0.25, 0.3) is 0 Å². The van der Waals surface area contributed by atoms with Crippen molar-refractivity contribution in [2.45, 2.75) is 27.7 Å². The minimum atomic E-state index is 0. The largest absolute Gasteiger partial charge is 0.505 e. The predicted octanol–water partition coefficient (Wildman–Crippen LogP) is 4.05. The molecule has 1 rings (SSSR count). The van der Waals surface area contributed by atoms with Gasteiger partial charge in [0, 0.05) is 0 Å². The van der Waals surface area contributed by atoms with E-state index in [-0.39, 0.29) is 7.43 Å². The SMILES string of the molecule is C.CC.COC=CCc1ccccc1. The third-order valence-corrected chi connectivity index (χ3v) is 1.43. The molecule has 0 heterocycles. The van der Waals surface area contributed by atoms with E-state index in [9.17, 15) is 0 Å². The highest BCUT2D eigenvalue weighted by atomic mass is 16.5. The minimum absolute atomic E-state index is 0. The third kappa shape index (κ3) is 7.41. The van der Waals surface area contributed by atoms with Crippen molar-refractivity contribution in [2.24, 2.45) is 0 Å². The standard InChI is InChI=1S/C10H12O.C2H6.CH4/c1-11-9-5-8-10-6-3-2-4-7-10;1-2;/h2-7,9H,8H2,1H3;1-2H3;1H4. The molecule has 0 aliphatic heterocycles. The van der Waals surface area contributed by atoms with Crippen molar-refractivity contribution in [1.82, 2.24) is 0 Å². The van der Waals surface area contributed by atoms with E-state index < -0.39 is 0 Å². The second-order valence-electron chi connectivity index (χ2n) is 2.30. The molecule has 0 spiro atoms. The highest BCUT2D eigenvalue weighted by Crippen LogP contribution is 1.99. The van der Waals surface area contributed by atoms with E-state index in [1.807, 2.05) is 38.1 Å². The van der Waals surface area contributed by atoms with Gasteiger partial charge in [-0.25, -0.2) is 0 Å². The van der Waals surface area contributed by atoms with Gasteiger partial charge in [-0.2, -0.15) is 0 Å². The summed E-state index contributed by atoms with van der Waals surface area (Å²) in [6.45, 7) is 4.00. The molecule has 0 radical (unpaired) electrons. The maximum Gasteiger partial charge on any atom is 0.0788 e. The maximum absolute atomic E-state index is 4.78. The van der Waals surface area contributed by atoms with Gasteiger partial charge in [-0.1, -0.05) is 51.6 Å². The minimum Gasteiger partial charge on any atom is -0.505 e. The molecule has 1 heteroatoms. The van der Waals surface area contributed by atoms with Gasteiger partial charge in [0.1, 0.15) is 0 Å². The number of hydrogen-bond acceptors (Lipinski definition) is 1. The molecule has 0 aromatic heterocycles. The molecular formula is C13H22O. The van der Waals surface area contributed by atoms with Crippen LogP contribution in [-0.2, 0) is 11.2 Å².